The summed E-state index contributed by atoms with van der Waals surface area (Å²) in [6, 6.07) is 9.66. The molecule has 0 spiro atoms. The van der Waals surface area contributed by atoms with E-state index in [4.69, 9.17) is 0 Å². The van der Waals surface area contributed by atoms with Crippen LogP contribution in [0.2, 0.25) is 0 Å². The van der Waals surface area contributed by atoms with Gasteiger partial charge in [0.25, 0.3) is 0 Å². The Hall–Kier alpha value is -2.16. The zero-order valence-corrected chi connectivity index (χ0v) is 16.3. The average molecular weight is 439 g/mol. The standard InChI is InChI=1S/C21H21F8N/c1-3-4-16(13-30(20(24,25)26)21(27,28)29)19(2,14-5-9-17(22)10-6-14)15-7-11-18(23)12-8-15/h5-12,16H,3-4,13H2,1-2H3. The molecule has 0 radical (unpaired) electrons. The Morgan fingerprint density at radius 1 is 0.733 bits per heavy atom. The van der Waals surface area contributed by atoms with Gasteiger partial charge in [-0.25, -0.2) is 8.78 Å². The minimum atomic E-state index is -5.63. The van der Waals surface area contributed by atoms with Crippen molar-refractivity contribution in [3.8, 4) is 0 Å². The number of hydrogen-bond acceptors (Lipinski definition) is 1. The topological polar surface area (TPSA) is 3.24 Å². The Bertz CT molecular complexity index is 749. The number of hydrogen-bond donors (Lipinski definition) is 0. The van der Waals surface area contributed by atoms with Gasteiger partial charge in [-0.2, -0.15) is 26.3 Å². The van der Waals surface area contributed by atoms with Gasteiger partial charge in [0.15, 0.2) is 0 Å². The summed E-state index contributed by atoms with van der Waals surface area (Å²) in [6.07, 6.45) is -10.9. The van der Waals surface area contributed by atoms with Crippen LogP contribution in [0.3, 0.4) is 0 Å². The van der Waals surface area contributed by atoms with Gasteiger partial charge in [0.1, 0.15) is 11.6 Å². The van der Waals surface area contributed by atoms with Crippen LogP contribution in [0.4, 0.5) is 35.1 Å². The normalized spacial score (nSPS) is 14.2. The molecule has 0 heterocycles. The quantitative estimate of drug-likeness (QED) is 0.331. The average Bonchev–Trinajstić information content (AvgIpc) is 2.63. The summed E-state index contributed by atoms with van der Waals surface area (Å²) >= 11 is 0. The van der Waals surface area contributed by atoms with E-state index in [1.54, 1.807) is 6.92 Å². The summed E-state index contributed by atoms with van der Waals surface area (Å²) < 4.78 is 106. The Morgan fingerprint density at radius 3 is 1.40 bits per heavy atom. The molecular weight excluding hydrogens is 418 g/mol. The third-order valence-electron chi connectivity index (χ3n) is 5.36. The minimum Gasteiger partial charge on any atom is -0.207 e. The molecule has 0 saturated heterocycles. The molecule has 0 aromatic heterocycles. The zero-order chi connectivity index (χ0) is 22.7. The van der Waals surface area contributed by atoms with Crippen LogP contribution >= 0.6 is 0 Å². The lowest BCUT2D eigenvalue weighted by molar-refractivity contribution is -0.376. The second-order valence-electron chi connectivity index (χ2n) is 7.25. The summed E-state index contributed by atoms with van der Waals surface area (Å²) in [6.45, 7) is 1.79. The van der Waals surface area contributed by atoms with Crippen LogP contribution in [0.15, 0.2) is 48.5 Å². The summed E-state index contributed by atoms with van der Waals surface area (Å²) in [7, 11) is 0. The first-order chi connectivity index (χ1) is 13.8. The molecule has 0 N–H and O–H groups in total. The first-order valence-corrected chi connectivity index (χ1v) is 9.23. The fraction of sp³-hybridized carbons (Fsp3) is 0.429. The van der Waals surface area contributed by atoms with Crippen molar-refractivity contribution in [2.24, 2.45) is 5.92 Å². The van der Waals surface area contributed by atoms with Crippen molar-refractivity contribution in [1.82, 2.24) is 4.90 Å². The van der Waals surface area contributed by atoms with Crippen LogP contribution in [0, 0.1) is 17.6 Å². The highest BCUT2D eigenvalue weighted by Crippen LogP contribution is 2.44. The fourth-order valence-electron chi connectivity index (χ4n) is 3.71. The molecule has 1 atom stereocenters. The van der Waals surface area contributed by atoms with E-state index < -0.39 is 47.0 Å². The third-order valence-corrected chi connectivity index (χ3v) is 5.36. The molecule has 0 bridgehead atoms. The summed E-state index contributed by atoms with van der Waals surface area (Å²) in [5.74, 6) is -2.36. The van der Waals surface area contributed by atoms with Gasteiger partial charge in [-0.1, -0.05) is 44.5 Å². The van der Waals surface area contributed by atoms with E-state index >= 15 is 0 Å². The van der Waals surface area contributed by atoms with Gasteiger partial charge in [-0.3, -0.25) is 0 Å². The maximum absolute atomic E-state index is 13.4. The van der Waals surface area contributed by atoms with Crippen molar-refractivity contribution in [3.63, 3.8) is 0 Å². The molecule has 2 aromatic carbocycles. The Balaban J connectivity index is 2.65. The van der Waals surface area contributed by atoms with Crippen LogP contribution in [0.1, 0.15) is 37.8 Å². The van der Waals surface area contributed by atoms with E-state index in [-0.39, 0.29) is 6.42 Å². The van der Waals surface area contributed by atoms with Crippen molar-refractivity contribution >= 4 is 0 Å². The highest BCUT2D eigenvalue weighted by Gasteiger charge is 2.55. The minimum absolute atomic E-state index is 0.0217. The van der Waals surface area contributed by atoms with Crippen LogP contribution in [0.5, 0.6) is 0 Å². The molecule has 0 aliphatic heterocycles. The summed E-state index contributed by atoms with van der Waals surface area (Å²) in [4.78, 5) is -1.44. The van der Waals surface area contributed by atoms with E-state index in [1.807, 2.05) is 0 Å². The molecule has 2 rings (SSSR count). The first-order valence-electron chi connectivity index (χ1n) is 9.23. The molecule has 0 fully saturated rings. The summed E-state index contributed by atoms with van der Waals surface area (Å²) in [5.41, 5.74) is -0.705. The predicted molar refractivity (Wildman–Crippen MR) is 96.5 cm³/mol. The van der Waals surface area contributed by atoms with Crippen molar-refractivity contribution in [1.29, 1.82) is 0 Å². The summed E-state index contributed by atoms with van der Waals surface area (Å²) in [5, 5.41) is 0. The zero-order valence-electron chi connectivity index (χ0n) is 16.3. The van der Waals surface area contributed by atoms with Crippen molar-refractivity contribution in [2.45, 2.75) is 44.7 Å². The van der Waals surface area contributed by atoms with Crippen LogP contribution in [-0.2, 0) is 5.41 Å². The van der Waals surface area contributed by atoms with Crippen LogP contribution < -0.4 is 0 Å². The van der Waals surface area contributed by atoms with Crippen molar-refractivity contribution in [3.05, 3.63) is 71.3 Å². The Kier molecular flexibility index (Phi) is 7.16. The van der Waals surface area contributed by atoms with E-state index in [2.05, 4.69) is 0 Å². The molecule has 30 heavy (non-hydrogen) atoms. The van der Waals surface area contributed by atoms with Crippen LogP contribution in [0.25, 0.3) is 0 Å². The monoisotopic (exact) mass is 439 g/mol. The third kappa shape index (κ3) is 5.30. The fourth-order valence-corrected chi connectivity index (χ4v) is 3.71. The lowest BCUT2D eigenvalue weighted by atomic mass is 9.65. The molecule has 0 aliphatic rings. The highest BCUT2D eigenvalue weighted by atomic mass is 19.4. The number of alkyl halides is 6. The van der Waals surface area contributed by atoms with E-state index in [9.17, 15) is 35.1 Å². The molecule has 0 aliphatic carbocycles. The lowest BCUT2D eigenvalue weighted by Gasteiger charge is -2.42. The van der Waals surface area contributed by atoms with E-state index in [0.29, 0.717) is 17.5 Å². The number of rotatable bonds is 7. The smallest absolute Gasteiger partial charge is 0.207 e. The Labute approximate surface area is 169 Å². The van der Waals surface area contributed by atoms with E-state index in [0.717, 1.165) is 24.3 Å². The van der Waals surface area contributed by atoms with Gasteiger partial charge >= 0.3 is 12.6 Å². The number of nitrogens with zero attached hydrogens (tertiary/aromatic N) is 1. The van der Waals surface area contributed by atoms with Gasteiger partial charge in [0, 0.05) is 12.0 Å². The van der Waals surface area contributed by atoms with Crippen LogP contribution in [-0.4, -0.2) is 24.0 Å². The highest BCUT2D eigenvalue weighted by molar-refractivity contribution is 5.40. The molecule has 0 saturated carbocycles. The lowest BCUT2D eigenvalue weighted by Crippen LogP contribution is -2.53. The largest absolute Gasteiger partial charge is 0.467 e. The molecule has 0 amide bonds. The molecular formula is C21H21F8N. The maximum atomic E-state index is 13.4. The molecule has 9 heteroatoms. The van der Waals surface area contributed by atoms with Crippen molar-refractivity contribution in [2.75, 3.05) is 6.54 Å². The molecule has 166 valence electrons. The molecule has 1 unspecified atom stereocenters. The molecule has 2 aromatic rings. The van der Waals surface area contributed by atoms with Crippen molar-refractivity contribution < 1.29 is 35.1 Å². The number of halogens is 8. The Morgan fingerprint density at radius 2 is 1.10 bits per heavy atom. The second kappa shape index (κ2) is 8.91. The SMILES string of the molecule is CCCC(CN(C(F)(F)F)C(F)(F)F)C(C)(c1ccc(F)cc1)c1ccc(F)cc1. The van der Waals surface area contributed by atoms with Gasteiger partial charge in [-0.05, 0) is 47.7 Å². The van der Waals surface area contributed by atoms with Gasteiger partial charge in [0.2, 0.25) is 0 Å². The van der Waals surface area contributed by atoms with Gasteiger partial charge in [-0.15, -0.1) is 4.90 Å². The second-order valence-corrected chi connectivity index (χ2v) is 7.25. The van der Waals surface area contributed by atoms with Gasteiger partial charge < -0.3 is 0 Å². The van der Waals surface area contributed by atoms with Gasteiger partial charge in [0.05, 0.1) is 0 Å². The first kappa shape index (κ1) is 24.1. The van der Waals surface area contributed by atoms with E-state index in [1.165, 1.54) is 31.2 Å². The predicted octanol–water partition coefficient (Wildman–Crippen LogP) is 7.03. The molecule has 1 nitrogen and oxygen atoms in total. The maximum Gasteiger partial charge on any atom is 0.467 e. The number of benzene rings is 2.